The number of fused-ring (bicyclic) bond motifs is 1. The second-order valence-electron chi connectivity index (χ2n) is 14.8. The summed E-state index contributed by atoms with van der Waals surface area (Å²) in [5.41, 5.74) is 0.0604. The van der Waals surface area contributed by atoms with Gasteiger partial charge in [-0.3, -0.25) is 14.4 Å². The van der Waals surface area contributed by atoms with Crippen LogP contribution in [0.3, 0.4) is 0 Å². The first kappa shape index (κ1) is 37.4. The van der Waals surface area contributed by atoms with Gasteiger partial charge in [0, 0.05) is 31.7 Å². The topological polar surface area (TPSA) is 171 Å². The van der Waals surface area contributed by atoms with E-state index in [-0.39, 0.29) is 83.2 Å². The monoisotopic (exact) mass is 791 g/mol. The fraction of sp³-hybridized carbons (Fsp3) is 0.395. The lowest BCUT2D eigenvalue weighted by Crippen LogP contribution is -2.51. The van der Waals surface area contributed by atoms with Gasteiger partial charge in [-0.1, -0.05) is 42.8 Å². The van der Waals surface area contributed by atoms with Gasteiger partial charge in [-0.2, -0.15) is 22.7 Å². The molecule has 0 bridgehead atoms. The smallest absolute Gasteiger partial charge is 0.416 e. The van der Waals surface area contributed by atoms with Crippen LogP contribution in [0, 0.1) is 12.3 Å². The SMILES string of the molecule is CCc1c(N2CCN(C(=O)c3ncnc(C)c3O)CC2)c(=O)n2nc(-c3ccc(C4(O)CC5(CC5)C4)cc3)nc2n1CC(=O)Nc1ccc(C(F)(F)F)cc1Cl. The summed E-state index contributed by atoms with van der Waals surface area (Å²) in [5, 5.41) is 28.5. The number of alkyl halides is 3. The van der Waals surface area contributed by atoms with Gasteiger partial charge in [-0.15, -0.1) is 5.10 Å². The summed E-state index contributed by atoms with van der Waals surface area (Å²) < 4.78 is 42.5. The van der Waals surface area contributed by atoms with Crippen molar-refractivity contribution in [3.8, 4) is 17.1 Å². The van der Waals surface area contributed by atoms with Gasteiger partial charge in [-0.25, -0.2) is 9.97 Å². The molecule has 1 saturated heterocycles. The molecule has 18 heteroatoms. The van der Waals surface area contributed by atoms with E-state index in [0.29, 0.717) is 11.3 Å². The molecule has 5 aromatic rings. The third-order valence-electron chi connectivity index (χ3n) is 11.1. The van der Waals surface area contributed by atoms with Crippen molar-refractivity contribution < 1.29 is 33.0 Å². The predicted molar refractivity (Wildman–Crippen MR) is 198 cm³/mol. The van der Waals surface area contributed by atoms with Crippen molar-refractivity contribution >= 4 is 40.6 Å². The number of amides is 2. The van der Waals surface area contributed by atoms with Crippen LogP contribution in [-0.4, -0.2) is 82.2 Å². The number of aryl methyl sites for hydroxylation is 1. The summed E-state index contributed by atoms with van der Waals surface area (Å²) in [7, 11) is 0. The number of aliphatic hydroxyl groups is 1. The first-order valence-electron chi connectivity index (χ1n) is 18.2. The van der Waals surface area contributed by atoms with Gasteiger partial charge in [0.2, 0.25) is 11.7 Å². The first-order valence-corrected chi connectivity index (χ1v) is 18.5. The van der Waals surface area contributed by atoms with Gasteiger partial charge in [0.05, 0.1) is 33.3 Å². The number of hydrogen-bond acceptors (Lipinski definition) is 10. The van der Waals surface area contributed by atoms with E-state index < -0.39 is 41.3 Å². The van der Waals surface area contributed by atoms with Crippen LogP contribution in [-0.2, 0) is 29.5 Å². The Hall–Kier alpha value is -5.55. The van der Waals surface area contributed by atoms with Gasteiger partial charge in [0.1, 0.15) is 18.6 Å². The summed E-state index contributed by atoms with van der Waals surface area (Å²) in [6, 6.07) is 9.84. The number of aromatic nitrogens is 6. The van der Waals surface area contributed by atoms with Crippen molar-refractivity contribution in [1.29, 1.82) is 0 Å². The molecule has 2 amide bonds. The van der Waals surface area contributed by atoms with Crippen LogP contribution in [0.25, 0.3) is 17.2 Å². The highest BCUT2D eigenvalue weighted by molar-refractivity contribution is 6.33. The Morgan fingerprint density at radius 1 is 1.02 bits per heavy atom. The van der Waals surface area contributed by atoms with E-state index in [1.807, 2.05) is 19.1 Å². The second kappa shape index (κ2) is 13.6. The zero-order chi connectivity index (χ0) is 39.7. The van der Waals surface area contributed by atoms with Crippen LogP contribution < -0.4 is 15.8 Å². The Kier molecular flexibility index (Phi) is 9.06. The Morgan fingerprint density at radius 3 is 2.34 bits per heavy atom. The maximum absolute atomic E-state index is 14.4. The van der Waals surface area contributed by atoms with Crippen LogP contribution >= 0.6 is 11.6 Å². The molecule has 3 aromatic heterocycles. The molecular formula is C38H37ClF3N9O5. The molecule has 2 aliphatic carbocycles. The maximum atomic E-state index is 14.4. The van der Waals surface area contributed by atoms with E-state index in [1.165, 1.54) is 11.2 Å². The number of piperazine rings is 1. The van der Waals surface area contributed by atoms with Crippen LogP contribution in [0.5, 0.6) is 5.75 Å². The number of nitrogens with one attached hydrogen (secondary N) is 1. The Morgan fingerprint density at radius 2 is 1.71 bits per heavy atom. The van der Waals surface area contributed by atoms with E-state index in [4.69, 9.17) is 16.6 Å². The summed E-state index contributed by atoms with van der Waals surface area (Å²) in [4.78, 5) is 57.2. The average molecular weight is 792 g/mol. The van der Waals surface area contributed by atoms with Crippen LogP contribution in [0.15, 0.2) is 53.6 Å². The van der Waals surface area contributed by atoms with Crippen LogP contribution in [0.4, 0.5) is 24.5 Å². The molecule has 0 atom stereocenters. The van der Waals surface area contributed by atoms with Crippen LogP contribution in [0.1, 0.15) is 65.6 Å². The molecule has 56 heavy (non-hydrogen) atoms. The average Bonchev–Trinajstić information content (AvgIpc) is 3.80. The second-order valence-corrected chi connectivity index (χ2v) is 15.2. The van der Waals surface area contributed by atoms with Gasteiger partial charge in [0.25, 0.3) is 11.5 Å². The minimum atomic E-state index is -4.63. The summed E-state index contributed by atoms with van der Waals surface area (Å²) in [5.74, 6) is -1.19. The van der Waals surface area contributed by atoms with Crippen molar-refractivity contribution in [3.05, 3.63) is 92.4 Å². The Labute approximate surface area is 322 Å². The fourth-order valence-corrected chi connectivity index (χ4v) is 8.16. The normalized spacial score (nSPS) is 17.3. The number of rotatable bonds is 8. The highest BCUT2D eigenvalue weighted by Crippen LogP contribution is 2.67. The molecular weight excluding hydrogens is 755 g/mol. The van der Waals surface area contributed by atoms with Gasteiger partial charge >= 0.3 is 6.18 Å². The highest BCUT2D eigenvalue weighted by atomic mass is 35.5. The number of benzene rings is 2. The molecule has 292 valence electrons. The quantitative estimate of drug-likeness (QED) is 0.195. The molecule has 2 saturated carbocycles. The minimum Gasteiger partial charge on any atom is -0.504 e. The molecule has 3 N–H and O–H groups in total. The van der Waals surface area contributed by atoms with Crippen molar-refractivity contribution in [1.82, 2.24) is 34.0 Å². The molecule has 3 fully saturated rings. The largest absolute Gasteiger partial charge is 0.504 e. The summed E-state index contributed by atoms with van der Waals surface area (Å²) in [6.07, 6.45) is 0.546. The Balaban J connectivity index is 1.13. The lowest BCUT2D eigenvalue weighted by Gasteiger charge is -2.45. The third kappa shape index (κ3) is 6.61. The van der Waals surface area contributed by atoms with E-state index in [0.717, 1.165) is 54.0 Å². The lowest BCUT2D eigenvalue weighted by atomic mass is 9.65. The zero-order valence-electron chi connectivity index (χ0n) is 30.4. The number of anilines is 2. The molecule has 0 radical (unpaired) electrons. The molecule has 1 spiro atoms. The van der Waals surface area contributed by atoms with Gasteiger partial charge < -0.3 is 29.9 Å². The van der Waals surface area contributed by atoms with E-state index >= 15 is 0 Å². The molecule has 3 aliphatic rings. The fourth-order valence-electron chi connectivity index (χ4n) is 7.94. The third-order valence-corrected chi connectivity index (χ3v) is 11.4. The van der Waals surface area contributed by atoms with E-state index in [1.54, 1.807) is 28.5 Å². The number of carbonyl (C=O) groups is 2. The number of nitrogens with zero attached hydrogens (tertiary/aromatic N) is 8. The maximum Gasteiger partial charge on any atom is 0.416 e. The van der Waals surface area contributed by atoms with Crippen molar-refractivity contribution in [2.75, 3.05) is 36.4 Å². The summed E-state index contributed by atoms with van der Waals surface area (Å²) in [6.45, 7) is 3.74. The standard InChI is InChI=1S/C38H37ClF3N9O5/c1-3-27-30(48-12-14-49(15-13-48)33(54)29-31(53)21(2)43-20-44-29)34(55)51-35(50(27)17-28(52)45-26-9-8-24(16-25(26)39)38(40,41)42)46-32(47-51)22-4-6-23(7-5-22)37(56)18-36(19-37)10-11-36/h4-9,16,20,53,56H,3,10-15,17-19H2,1-2H3,(H,45,52). The van der Waals surface area contributed by atoms with Gasteiger partial charge in [0.15, 0.2) is 17.3 Å². The van der Waals surface area contributed by atoms with Crippen molar-refractivity contribution in [2.45, 2.75) is 64.3 Å². The van der Waals surface area contributed by atoms with E-state index in [2.05, 4.69) is 20.4 Å². The van der Waals surface area contributed by atoms with E-state index in [9.17, 15) is 37.8 Å². The number of halogens is 4. The number of aromatic hydroxyl groups is 1. The molecule has 4 heterocycles. The molecule has 14 nitrogen and oxygen atoms in total. The highest BCUT2D eigenvalue weighted by Gasteiger charge is 2.60. The lowest BCUT2D eigenvalue weighted by molar-refractivity contribution is -0.137. The predicted octanol–water partition coefficient (Wildman–Crippen LogP) is 4.96. The first-order chi connectivity index (χ1) is 26.6. The van der Waals surface area contributed by atoms with Crippen molar-refractivity contribution in [3.63, 3.8) is 0 Å². The number of carbonyl (C=O) groups excluding carboxylic acids is 2. The zero-order valence-corrected chi connectivity index (χ0v) is 31.2. The molecule has 2 aromatic carbocycles. The summed E-state index contributed by atoms with van der Waals surface area (Å²) >= 11 is 6.15. The molecule has 1 aliphatic heterocycles. The Bertz CT molecular complexity index is 2450. The molecule has 0 unspecified atom stereocenters. The van der Waals surface area contributed by atoms with Crippen molar-refractivity contribution in [2.24, 2.45) is 5.41 Å². The molecule has 8 rings (SSSR count). The van der Waals surface area contributed by atoms with Gasteiger partial charge in [-0.05, 0) is 68.2 Å². The van der Waals surface area contributed by atoms with Crippen LogP contribution in [0.2, 0.25) is 5.02 Å². The number of hydrogen-bond donors (Lipinski definition) is 3. The minimum absolute atomic E-state index is 0.0336.